The zero-order valence-electron chi connectivity index (χ0n) is 13.4. The van der Waals surface area contributed by atoms with Gasteiger partial charge in [0.1, 0.15) is 10.5 Å². The summed E-state index contributed by atoms with van der Waals surface area (Å²) in [5.74, 6) is 1.09. The second-order valence-corrected chi connectivity index (χ2v) is 6.95. The maximum absolute atomic E-state index is 12.1. The van der Waals surface area contributed by atoms with E-state index < -0.39 is 0 Å². The van der Waals surface area contributed by atoms with E-state index in [1.165, 1.54) is 10.9 Å². The maximum atomic E-state index is 12.1. The minimum Gasteiger partial charge on any atom is -0.440 e. The van der Waals surface area contributed by atoms with Crippen LogP contribution in [0.25, 0.3) is 11.1 Å². The number of halogens is 2. The lowest BCUT2D eigenvalue weighted by Crippen LogP contribution is -2.38. The Kier molecular flexibility index (Phi) is 4.50. The number of aromatic nitrogens is 3. The number of oxazole rings is 1. The molecule has 1 aliphatic heterocycles. The van der Waals surface area contributed by atoms with Crippen molar-refractivity contribution in [2.75, 3.05) is 13.1 Å². The highest BCUT2D eigenvalue weighted by Gasteiger charge is 2.25. The second kappa shape index (κ2) is 6.78. The molecule has 1 saturated heterocycles. The summed E-state index contributed by atoms with van der Waals surface area (Å²) in [4.78, 5) is 18.8. The first kappa shape index (κ1) is 16.6. The lowest BCUT2D eigenvalue weighted by molar-refractivity contribution is 0.151. The quantitative estimate of drug-likeness (QED) is 0.697. The highest BCUT2D eigenvalue weighted by molar-refractivity contribution is 6.41. The largest absolute Gasteiger partial charge is 0.440 e. The molecule has 1 aliphatic rings. The fraction of sp³-hybridized carbons (Fsp3) is 0.353. The number of hydrogen-bond acceptors (Lipinski definition) is 5. The number of hydrogen-bond donors (Lipinski definition) is 0. The summed E-state index contributed by atoms with van der Waals surface area (Å²) in [6.07, 6.45) is 3.24. The Morgan fingerprint density at radius 1 is 1.20 bits per heavy atom. The number of rotatable bonds is 3. The summed E-state index contributed by atoms with van der Waals surface area (Å²) >= 11 is 11.7. The number of para-hydroxylation sites is 2. The van der Waals surface area contributed by atoms with Crippen LogP contribution in [0.15, 0.2) is 39.7 Å². The van der Waals surface area contributed by atoms with Crippen molar-refractivity contribution in [3.63, 3.8) is 0 Å². The number of piperidine rings is 1. The van der Waals surface area contributed by atoms with Gasteiger partial charge in [-0.2, -0.15) is 5.10 Å². The highest BCUT2D eigenvalue weighted by atomic mass is 35.5. The molecule has 2 aromatic heterocycles. The molecular weight excluding hydrogens is 363 g/mol. The normalized spacial score (nSPS) is 16.6. The minimum absolute atomic E-state index is 0.0121. The van der Waals surface area contributed by atoms with E-state index in [1.807, 2.05) is 24.3 Å². The molecule has 3 aromatic rings. The van der Waals surface area contributed by atoms with Gasteiger partial charge in [-0.15, -0.1) is 0 Å². The molecule has 0 atom stereocenters. The molecule has 8 heteroatoms. The molecule has 3 heterocycles. The molecule has 0 unspecified atom stereocenters. The van der Waals surface area contributed by atoms with E-state index in [4.69, 9.17) is 27.6 Å². The summed E-state index contributed by atoms with van der Waals surface area (Å²) in [5, 5.41) is 4.24. The topological polar surface area (TPSA) is 64.2 Å². The minimum atomic E-state index is -0.366. The standard InChI is InChI=1S/C17H16Cl2N4O2/c18-12-9-20-23(17(24)15(12)19)10-22-7-5-11(6-8-22)16-21-13-3-1-2-4-14(13)25-16/h1-4,9,11H,5-8,10H2. The second-order valence-electron chi connectivity index (χ2n) is 6.16. The van der Waals surface area contributed by atoms with Crippen molar-refractivity contribution in [3.8, 4) is 0 Å². The fourth-order valence-electron chi connectivity index (χ4n) is 3.12. The zero-order valence-corrected chi connectivity index (χ0v) is 14.9. The smallest absolute Gasteiger partial charge is 0.288 e. The van der Waals surface area contributed by atoms with E-state index >= 15 is 0 Å². The highest BCUT2D eigenvalue weighted by Crippen LogP contribution is 2.30. The number of nitrogens with zero attached hydrogens (tertiary/aromatic N) is 4. The summed E-state index contributed by atoms with van der Waals surface area (Å²) in [6.45, 7) is 2.06. The lowest BCUT2D eigenvalue weighted by atomic mass is 9.97. The van der Waals surface area contributed by atoms with Crippen molar-refractivity contribution < 1.29 is 4.42 Å². The lowest BCUT2D eigenvalue weighted by Gasteiger charge is -2.30. The van der Waals surface area contributed by atoms with Gasteiger partial charge in [-0.05, 0) is 25.0 Å². The fourth-order valence-corrected chi connectivity index (χ4v) is 3.39. The van der Waals surface area contributed by atoms with Crippen LogP contribution >= 0.6 is 23.2 Å². The Balaban J connectivity index is 1.43. The summed E-state index contributed by atoms with van der Waals surface area (Å²) in [5.41, 5.74) is 1.35. The van der Waals surface area contributed by atoms with Crippen molar-refractivity contribution in [3.05, 3.63) is 56.8 Å². The van der Waals surface area contributed by atoms with Gasteiger partial charge in [0, 0.05) is 19.0 Å². The van der Waals surface area contributed by atoms with E-state index in [9.17, 15) is 4.79 Å². The van der Waals surface area contributed by atoms with Gasteiger partial charge < -0.3 is 4.42 Å². The molecule has 0 aliphatic carbocycles. The Labute approximate surface area is 154 Å². The SMILES string of the molecule is O=c1c(Cl)c(Cl)cnn1CN1CCC(c2nc3ccccc3o2)CC1. The summed E-state index contributed by atoms with van der Waals surface area (Å²) in [6, 6.07) is 7.80. The van der Waals surface area contributed by atoms with Crippen molar-refractivity contribution in [1.29, 1.82) is 0 Å². The molecule has 1 fully saturated rings. The molecule has 0 saturated carbocycles. The molecule has 6 nitrogen and oxygen atoms in total. The molecule has 1 aromatic carbocycles. The molecule has 4 rings (SSSR count). The van der Waals surface area contributed by atoms with Crippen molar-refractivity contribution in [2.24, 2.45) is 0 Å². The molecule has 0 bridgehead atoms. The Hall–Kier alpha value is -1.89. The van der Waals surface area contributed by atoms with Crippen LogP contribution in [0.3, 0.4) is 0 Å². The van der Waals surface area contributed by atoms with Crippen molar-refractivity contribution in [1.82, 2.24) is 19.7 Å². The van der Waals surface area contributed by atoms with Crippen LogP contribution < -0.4 is 5.56 Å². The summed E-state index contributed by atoms with van der Waals surface area (Å²) in [7, 11) is 0. The van der Waals surface area contributed by atoms with E-state index in [0.717, 1.165) is 42.9 Å². The van der Waals surface area contributed by atoms with E-state index in [-0.39, 0.29) is 15.6 Å². The van der Waals surface area contributed by atoms with Crippen LogP contribution in [0, 0.1) is 0 Å². The predicted octanol–water partition coefficient (Wildman–Crippen LogP) is 3.53. The molecule has 0 spiro atoms. The van der Waals surface area contributed by atoms with Crippen LogP contribution in [-0.2, 0) is 6.67 Å². The first-order valence-corrected chi connectivity index (χ1v) is 8.86. The van der Waals surface area contributed by atoms with Crippen LogP contribution in [0.1, 0.15) is 24.7 Å². The van der Waals surface area contributed by atoms with E-state index in [2.05, 4.69) is 15.0 Å². The third-order valence-corrected chi connectivity index (χ3v) is 5.27. The average Bonchev–Trinajstić information content (AvgIpc) is 3.07. The number of fused-ring (bicyclic) bond motifs is 1. The van der Waals surface area contributed by atoms with Crippen LogP contribution in [0.2, 0.25) is 10.0 Å². The molecule has 25 heavy (non-hydrogen) atoms. The third kappa shape index (κ3) is 3.29. The molecular formula is C17H16Cl2N4O2. The number of benzene rings is 1. The van der Waals surface area contributed by atoms with Gasteiger partial charge in [-0.25, -0.2) is 9.67 Å². The predicted molar refractivity (Wildman–Crippen MR) is 96.1 cm³/mol. The van der Waals surface area contributed by atoms with Gasteiger partial charge in [-0.3, -0.25) is 9.69 Å². The zero-order chi connectivity index (χ0) is 17.4. The van der Waals surface area contributed by atoms with E-state index in [1.54, 1.807) is 0 Å². The van der Waals surface area contributed by atoms with Crippen LogP contribution in [-0.4, -0.2) is 32.8 Å². The summed E-state index contributed by atoms with van der Waals surface area (Å²) < 4.78 is 7.22. The first-order valence-electron chi connectivity index (χ1n) is 8.11. The number of likely N-dealkylation sites (tertiary alicyclic amines) is 1. The third-order valence-electron chi connectivity index (χ3n) is 4.52. The van der Waals surface area contributed by atoms with Gasteiger partial charge in [0.05, 0.1) is 17.9 Å². The van der Waals surface area contributed by atoms with Gasteiger partial charge in [0.15, 0.2) is 11.5 Å². The van der Waals surface area contributed by atoms with E-state index in [0.29, 0.717) is 12.6 Å². The van der Waals surface area contributed by atoms with Crippen LogP contribution in [0.4, 0.5) is 0 Å². The molecule has 0 radical (unpaired) electrons. The first-order chi connectivity index (χ1) is 12.1. The monoisotopic (exact) mass is 378 g/mol. The van der Waals surface area contributed by atoms with Gasteiger partial charge in [-0.1, -0.05) is 35.3 Å². The molecule has 0 amide bonds. The molecule has 0 N–H and O–H groups in total. The average molecular weight is 379 g/mol. The molecule has 130 valence electrons. The Bertz CT molecular complexity index is 928. The maximum Gasteiger partial charge on any atom is 0.288 e. The van der Waals surface area contributed by atoms with Crippen LogP contribution in [0.5, 0.6) is 0 Å². The van der Waals surface area contributed by atoms with Gasteiger partial charge >= 0.3 is 0 Å². The van der Waals surface area contributed by atoms with Gasteiger partial charge in [0.2, 0.25) is 0 Å². The van der Waals surface area contributed by atoms with Gasteiger partial charge in [0.25, 0.3) is 5.56 Å². The Morgan fingerprint density at radius 3 is 2.72 bits per heavy atom. The van der Waals surface area contributed by atoms with Crippen molar-refractivity contribution >= 4 is 34.3 Å². The van der Waals surface area contributed by atoms with Crippen molar-refractivity contribution in [2.45, 2.75) is 25.4 Å². The Morgan fingerprint density at radius 2 is 1.96 bits per heavy atom.